The maximum atomic E-state index is 5.16. The van der Waals surface area contributed by atoms with Crippen LogP contribution in [0.25, 0.3) is 10.9 Å². The Morgan fingerprint density at radius 2 is 1.76 bits per heavy atom. The summed E-state index contributed by atoms with van der Waals surface area (Å²) in [6.07, 6.45) is 3.34. The molecule has 2 aromatic heterocycles. The number of para-hydroxylation sites is 1. The van der Waals surface area contributed by atoms with Crippen LogP contribution in [0.5, 0.6) is 0 Å². The van der Waals surface area contributed by atoms with Gasteiger partial charge in [-0.15, -0.1) is 0 Å². The number of nitrogens with one attached hydrogen (secondary N) is 1. The molecule has 0 aliphatic rings. The summed E-state index contributed by atoms with van der Waals surface area (Å²) in [6.45, 7) is 0. The Bertz CT molecular complexity index is 520. The number of hydrogen-bond donors (Lipinski definition) is 3. The van der Waals surface area contributed by atoms with Crippen LogP contribution in [0, 0.1) is 0 Å². The van der Waals surface area contributed by atoms with E-state index in [0.29, 0.717) is 11.8 Å². The average molecular weight is 227 g/mol. The quantitative estimate of drug-likeness (QED) is 0.546. The minimum Gasteiger partial charge on any atom is -0.382 e. The lowest BCUT2D eigenvalue weighted by Gasteiger charge is -1.91. The maximum Gasteiger partial charge on any atom is 0.199 e. The van der Waals surface area contributed by atoms with Crippen LogP contribution in [0.4, 0.5) is 11.8 Å². The third-order valence-electron chi connectivity index (χ3n) is 2.13. The highest BCUT2D eigenvalue weighted by Crippen LogP contribution is 2.07. The molecule has 0 saturated heterocycles. The van der Waals surface area contributed by atoms with Crippen LogP contribution < -0.4 is 11.5 Å². The number of imidazole rings is 1. The molecule has 5 N–H and O–H groups in total. The topological polar surface area (TPSA) is 93.6 Å². The maximum absolute atomic E-state index is 5.16. The lowest BCUT2D eigenvalue weighted by Crippen LogP contribution is -1.87. The second kappa shape index (κ2) is 4.98. The van der Waals surface area contributed by atoms with Crippen LogP contribution in [0.1, 0.15) is 0 Å². The standard InChI is InChI=1S/C9H7N.C3H6N4/c1-2-6-9-8(4-1)5-3-7-10-9;4-2-1-6-3(5)7-2/h1-7H;1H,4H2,(H3,5,6,7). The van der Waals surface area contributed by atoms with Crippen molar-refractivity contribution >= 4 is 22.7 Å². The molecule has 3 rings (SSSR count). The van der Waals surface area contributed by atoms with E-state index in [4.69, 9.17) is 11.5 Å². The van der Waals surface area contributed by atoms with E-state index < -0.39 is 0 Å². The fourth-order valence-corrected chi connectivity index (χ4v) is 1.37. The summed E-state index contributed by atoms with van der Waals surface area (Å²) in [5, 5.41) is 1.20. The van der Waals surface area contributed by atoms with E-state index in [1.54, 1.807) is 0 Å². The van der Waals surface area contributed by atoms with E-state index in [9.17, 15) is 0 Å². The molecule has 0 atom stereocenters. The summed E-state index contributed by atoms with van der Waals surface area (Å²) in [7, 11) is 0. The van der Waals surface area contributed by atoms with Gasteiger partial charge in [-0.1, -0.05) is 24.3 Å². The van der Waals surface area contributed by atoms with Crippen molar-refractivity contribution in [3.8, 4) is 0 Å². The van der Waals surface area contributed by atoms with Crippen molar-refractivity contribution in [2.45, 2.75) is 0 Å². The number of anilines is 2. The second-order valence-corrected chi connectivity index (χ2v) is 3.41. The minimum atomic E-state index is 0.359. The molecule has 1 aromatic carbocycles. The molecule has 0 saturated carbocycles. The lowest BCUT2D eigenvalue weighted by molar-refractivity contribution is 1.33. The van der Waals surface area contributed by atoms with E-state index in [1.807, 2.05) is 30.5 Å². The zero-order valence-electron chi connectivity index (χ0n) is 9.17. The third-order valence-corrected chi connectivity index (χ3v) is 2.13. The zero-order chi connectivity index (χ0) is 12.1. The number of nitrogens with zero attached hydrogens (tertiary/aromatic N) is 2. The van der Waals surface area contributed by atoms with Gasteiger partial charge in [-0.2, -0.15) is 4.98 Å². The lowest BCUT2D eigenvalue weighted by atomic mass is 10.2. The highest BCUT2D eigenvalue weighted by molar-refractivity contribution is 5.77. The summed E-state index contributed by atoms with van der Waals surface area (Å²) in [5.74, 6) is 0.787. The van der Waals surface area contributed by atoms with Gasteiger partial charge in [0.2, 0.25) is 0 Å². The van der Waals surface area contributed by atoms with E-state index in [-0.39, 0.29) is 0 Å². The van der Waals surface area contributed by atoms with Crippen molar-refractivity contribution in [1.29, 1.82) is 0 Å². The van der Waals surface area contributed by atoms with Gasteiger partial charge < -0.3 is 16.5 Å². The number of pyridine rings is 1. The van der Waals surface area contributed by atoms with Gasteiger partial charge in [-0.3, -0.25) is 4.98 Å². The number of nitrogen functional groups attached to an aromatic ring is 2. The molecule has 5 heteroatoms. The molecule has 5 nitrogen and oxygen atoms in total. The predicted octanol–water partition coefficient (Wildman–Crippen LogP) is 1.81. The van der Waals surface area contributed by atoms with Crippen molar-refractivity contribution < 1.29 is 0 Å². The van der Waals surface area contributed by atoms with Gasteiger partial charge in [-0.05, 0) is 12.1 Å². The fraction of sp³-hybridized carbons (Fsp3) is 0. The Morgan fingerprint density at radius 1 is 1.00 bits per heavy atom. The number of hydrogen-bond acceptors (Lipinski definition) is 4. The minimum absolute atomic E-state index is 0.359. The number of nitrogens with two attached hydrogens (primary N) is 2. The highest BCUT2D eigenvalue weighted by Gasteiger charge is 1.87. The van der Waals surface area contributed by atoms with Crippen molar-refractivity contribution in [1.82, 2.24) is 15.0 Å². The number of benzene rings is 1. The van der Waals surface area contributed by atoms with E-state index in [1.165, 1.54) is 11.6 Å². The van der Waals surface area contributed by atoms with Crippen molar-refractivity contribution in [2.75, 3.05) is 11.5 Å². The third kappa shape index (κ3) is 2.94. The van der Waals surface area contributed by atoms with Gasteiger partial charge >= 0.3 is 0 Å². The first-order chi connectivity index (χ1) is 8.25. The van der Waals surface area contributed by atoms with Crippen LogP contribution in [0.2, 0.25) is 0 Å². The Hall–Kier alpha value is -2.56. The van der Waals surface area contributed by atoms with Gasteiger partial charge in [0.1, 0.15) is 5.82 Å². The number of fused-ring (bicyclic) bond motifs is 1. The van der Waals surface area contributed by atoms with Crippen LogP contribution in [0.15, 0.2) is 48.8 Å². The number of H-pyrrole nitrogens is 1. The number of rotatable bonds is 0. The van der Waals surface area contributed by atoms with Crippen LogP contribution in [0.3, 0.4) is 0 Å². The molecule has 3 aromatic rings. The zero-order valence-corrected chi connectivity index (χ0v) is 9.17. The highest BCUT2D eigenvalue weighted by atomic mass is 15.1. The summed E-state index contributed by atoms with van der Waals surface area (Å²) in [4.78, 5) is 10.4. The average Bonchev–Trinajstić information content (AvgIpc) is 2.74. The van der Waals surface area contributed by atoms with Crippen molar-refractivity contribution in [3.05, 3.63) is 48.8 Å². The molecule has 0 fully saturated rings. The molecule has 0 bridgehead atoms. The Morgan fingerprint density at radius 3 is 2.35 bits per heavy atom. The molecule has 0 radical (unpaired) electrons. The Labute approximate surface area is 98.5 Å². The van der Waals surface area contributed by atoms with Gasteiger partial charge in [0.15, 0.2) is 5.95 Å². The molecule has 0 aliphatic carbocycles. The van der Waals surface area contributed by atoms with Gasteiger partial charge in [-0.25, -0.2) is 0 Å². The molecule has 86 valence electrons. The van der Waals surface area contributed by atoms with E-state index >= 15 is 0 Å². The molecule has 17 heavy (non-hydrogen) atoms. The van der Waals surface area contributed by atoms with E-state index in [0.717, 1.165) is 5.52 Å². The first-order valence-electron chi connectivity index (χ1n) is 5.12. The van der Waals surface area contributed by atoms with Gasteiger partial charge in [0.25, 0.3) is 0 Å². The van der Waals surface area contributed by atoms with Crippen molar-refractivity contribution in [3.63, 3.8) is 0 Å². The molecule has 0 amide bonds. The summed E-state index contributed by atoms with van der Waals surface area (Å²) in [6, 6.07) is 12.1. The first kappa shape index (κ1) is 10.9. The molecule has 0 aliphatic heterocycles. The summed E-state index contributed by atoms with van der Waals surface area (Å²) in [5.41, 5.74) is 11.3. The Balaban J connectivity index is 0.000000136. The van der Waals surface area contributed by atoms with Gasteiger partial charge in [0, 0.05) is 17.8 Å². The Kier molecular flexibility index (Phi) is 3.20. The molecule has 2 heterocycles. The van der Waals surface area contributed by atoms with Crippen LogP contribution in [-0.2, 0) is 0 Å². The summed E-state index contributed by atoms with van der Waals surface area (Å²) >= 11 is 0. The smallest absolute Gasteiger partial charge is 0.199 e. The van der Waals surface area contributed by atoms with Gasteiger partial charge in [0.05, 0.1) is 5.52 Å². The fourth-order valence-electron chi connectivity index (χ4n) is 1.37. The molecule has 0 unspecified atom stereocenters. The number of aromatic nitrogens is 3. The van der Waals surface area contributed by atoms with Crippen LogP contribution >= 0.6 is 0 Å². The summed E-state index contributed by atoms with van der Waals surface area (Å²) < 4.78 is 0. The first-order valence-corrected chi connectivity index (χ1v) is 5.12. The SMILES string of the molecule is Nc1c[nH]c(N)n1.c1ccc2ncccc2c1. The predicted molar refractivity (Wildman–Crippen MR) is 69.2 cm³/mol. The molecular formula is C12H13N5. The normalized spacial score (nSPS) is 9.65. The monoisotopic (exact) mass is 227 g/mol. The van der Waals surface area contributed by atoms with Crippen LogP contribution in [-0.4, -0.2) is 15.0 Å². The van der Waals surface area contributed by atoms with Crippen molar-refractivity contribution in [2.24, 2.45) is 0 Å². The number of aromatic amines is 1. The van der Waals surface area contributed by atoms with E-state index in [2.05, 4.69) is 27.1 Å². The molecular weight excluding hydrogens is 214 g/mol. The second-order valence-electron chi connectivity index (χ2n) is 3.41. The molecule has 0 spiro atoms. The largest absolute Gasteiger partial charge is 0.382 e.